The van der Waals surface area contributed by atoms with Crippen LogP contribution in [-0.4, -0.2) is 42.2 Å². The number of likely N-dealkylation sites (tertiary alicyclic amines) is 1. The van der Waals surface area contributed by atoms with E-state index >= 15 is 0 Å². The lowest BCUT2D eigenvalue weighted by atomic mass is 10.0. The average molecular weight is 276 g/mol. The van der Waals surface area contributed by atoms with Gasteiger partial charge in [-0.15, -0.1) is 0 Å². The van der Waals surface area contributed by atoms with E-state index < -0.39 is 0 Å². The number of rotatable bonds is 8. The SMILES string of the molecule is O=C1CCCN1CCNC(CCCO)c1ccccc1. The first-order valence-electron chi connectivity index (χ1n) is 7.48. The van der Waals surface area contributed by atoms with Gasteiger partial charge in [-0.1, -0.05) is 30.3 Å². The van der Waals surface area contributed by atoms with Crippen LogP contribution in [0.5, 0.6) is 0 Å². The lowest BCUT2D eigenvalue weighted by Gasteiger charge is -2.21. The molecule has 1 aromatic carbocycles. The third-order valence-electron chi connectivity index (χ3n) is 3.80. The number of nitrogens with one attached hydrogen (secondary N) is 1. The van der Waals surface area contributed by atoms with E-state index in [9.17, 15) is 4.79 Å². The molecular weight excluding hydrogens is 252 g/mol. The van der Waals surface area contributed by atoms with Gasteiger partial charge in [0.05, 0.1) is 0 Å². The molecule has 4 nitrogen and oxygen atoms in total. The number of nitrogens with zero attached hydrogens (tertiary/aromatic N) is 1. The minimum atomic E-state index is 0.218. The van der Waals surface area contributed by atoms with Gasteiger partial charge in [0.1, 0.15) is 0 Å². The smallest absolute Gasteiger partial charge is 0.222 e. The molecule has 1 atom stereocenters. The first-order chi connectivity index (χ1) is 9.81. The van der Waals surface area contributed by atoms with Gasteiger partial charge in [-0.05, 0) is 24.8 Å². The summed E-state index contributed by atoms with van der Waals surface area (Å²) in [6.45, 7) is 2.70. The molecule has 0 saturated carbocycles. The van der Waals surface area contributed by atoms with E-state index in [4.69, 9.17) is 5.11 Å². The molecule has 0 aliphatic carbocycles. The molecule has 2 N–H and O–H groups in total. The normalized spacial score (nSPS) is 16.6. The van der Waals surface area contributed by atoms with E-state index in [1.54, 1.807) is 0 Å². The monoisotopic (exact) mass is 276 g/mol. The molecule has 1 saturated heterocycles. The summed E-state index contributed by atoms with van der Waals surface area (Å²) in [6, 6.07) is 10.5. The largest absolute Gasteiger partial charge is 0.396 e. The lowest BCUT2D eigenvalue weighted by molar-refractivity contribution is -0.127. The van der Waals surface area contributed by atoms with Crippen molar-refractivity contribution in [2.45, 2.75) is 31.7 Å². The van der Waals surface area contributed by atoms with Crippen molar-refractivity contribution in [3.05, 3.63) is 35.9 Å². The summed E-state index contributed by atoms with van der Waals surface area (Å²) in [5.74, 6) is 0.276. The summed E-state index contributed by atoms with van der Waals surface area (Å²) < 4.78 is 0. The molecule has 0 spiro atoms. The summed E-state index contributed by atoms with van der Waals surface area (Å²) in [4.78, 5) is 13.5. The van der Waals surface area contributed by atoms with E-state index in [0.717, 1.165) is 38.9 Å². The molecule has 110 valence electrons. The van der Waals surface area contributed by atoms with Crippen molar-refractivity contribution >= 4 is 5.91 Å². The van der Waals surface area contributed by atoms with Gasteiger partial charge >= 0.3 is 0 Å². The van der Waals surface area contributed by atoms with Crippen molar-refractivity contribution < 1.29 is 9.90 Å². The summed E-state index contributed by atoms with van der Waals surface area (Å²) >= 11 is 0. The molecule has 1 heterocycles. The zero-order valence-corrected chi connectivity index (χ0v) is 11.9. The number of hydrogen-bond donors (Lipinski definition) is 2. The second-order valence-electron chi connectivity index (χ2n) is 5.27. The van der Waals surface area contributed by atoms with Crippen LogP contribution in [0.1, 0.15) is 37.3 Å². The van der Waals surface area contributed by atoms with Crippen LogP contribution in [0.15, 0.2) is 30.3 Å². The van der Waals surface area contributed by atoms with E-state index in [-0.39, 0.29) is 18.6 Å². The molecule has 4 heteroatoms. The summed E-state index contributed by atoms with van der Waals surface area (Å²) in [5.41, 5.74) is 1.24. The fourth-order valence-corrected chi connectivity index (χ4v) is 2.68. The van der Waals surface area contributed by atoms with Crippen molar-refractivity contribution in [3.63, 3.8) is 0 Å². The molecule has 1 unspecified atom stereocenters. The van der Waals surface area contributed by atoms with Crippen molar-refractivity contribution in [1.82, 2.24) is 10.2 Å². The number of carbonyl (C=O) groups excluding carboxylic acids is 1. The fraction of sp³-hybridized carbons (Fsp3) is 0.562. The Balaban J connectivity index is 1.83. The summed E-state index contributed by atoms with van der Waals surface area (Å²) in [6.07, 6.45) is 3.39. The summed E-state index contributed by atoms with van der Waals surface area (Å²) in [5, 5.41) is 12.5. The second-order valence-corrected chi connectivity index (χ2v) is 5.27. The van der Waals surface area contributed by atoms with Gasteiger partial charge < -0.3 is 15.3 Å². The highest BCUT2D eigenvalue weighted by Gasteiger charge is 2.19. The standard InChI is InChI=1S/C16H24N2O2/c19-13-5-8-15(14-6-2-1-3-7-14)17-10-12-18-11-4-9-16(18)20/h1-3,6-7,15,17,19H,4-5,8-13H2. The van der Waals surface area contributed by atoms with Crippen LogP contribution in [-0.2, 0) is 4.79 Å². The summed E-state index contributed by atoms with van der Waals surface area (Å²) in [7, 11) is 0. The predicted molar refractivity (Wildman–Crippen MR) is 79.3 cm³/mol. The topological polar surface area (TPSA) is 52.6 Å². The van der Waals surface area contributed by atoms with Crippen LogP contribution in [0.3, 0.4) is 0 Å². The third kappa shape index (κ3) is 4.32. The number of amides is 1. The van der Waals surface area contributed by atoms with Crippen molar-refractivity contribution in [2.75, 3.05) is 26.2 Å². The van der Waals surface area contributed by atoms with Gasteiger partial charge in [-0.25, -0.2) is 0 Å². The van der Waals surface area contributed by atoms with E-state index in [0.29, 0.717) is 6.42 Å². The Labute approximate surface area is 120 Å². The maximum absolute atomic E-state index is 11.6. The first-order valence-corrected chi connectivity index (χ1v) is 7.48. The lowest BCUT2D eigenvalue weighted by Crippen LogP contribution is -2.34. The molecule has 1 aromatic rings. The van der Waals surface area contributed by atoms with Gasteiger partial charge in [-0.2, -0.15) is 0 Å². The number of hydrogen-bond acceptors (Lipinski definition) is 3. The van der Waals surface area contributed by atoms with Gasteiger partial charge in [0.25, 0.3) is 0 Å². The minimum absolute atomic E-state index is 0.218. The van der Waals surface area contributed by atoms with Crippen LogP contribution in [0, 0.1) is 0 Å². The van der Waals surface area contributed by atoms with Crippen molar-refractivity contribution in [1.29, 1.82) is 0 Å². The Morgan fingerprint density at radius 3 is 2.75 bits per heavy atom. The Bertz CT molecular complexity index is 408. The van der Waals surface area contributed by atoms with Crippen LogP contribution >= 0.6 is 0 Å². The zero-order chi connectivity index (χ0) is 14.2. The van der Waals surface area contributed by atoms with Crippen LogP contribution < -0.4 is 5.32 Å². The Morgan fingerprint density at radius 1 is 1.30 bits per heavy atom. The first kappa shape index (κ1) is 15.0. The average Bonchev–Trinajstić information content (AvgIpc) is 2.89. The zero-order valence-electron chi connectivity index (χ0n) is 11.9. The molecule has 0 bridgehead atoms. The van der Waals surface area contributed by atoms with E-state index in [1.807, 2.05) is 23.1 Å². The number of aliphatic hydroxyl groups excluding tert-OH is 1. The predicted octanol–water partition coefficient (Wildman–Crippen LogP) is 1.71. The van der Waals surface area contributed by atoms with Gasteiger partial charge in [0, 0.05) is 38.7 Å². The maximum Gasteiger partial charge on any atom is 0.222 e. The molecule has 1 amide bonds. The molecule has 0 radical (unpaired) electrons. The molecule has 1 fully saturated rings. The van der Waals surface area contributed by atoms with E-state index in [1.165, 1.54) is 5.56 Å². The van der Waals surface area contributed by atoms with Crippen LogP contribution in [0.4, 0.5) is 0 Å². The Morgan fingerprint density at radius 2 is 2.10 bits per heavy atom. The van der Waals surface area contributed by atoms with Gasteiger partial charge in [-0.3, -0.25) is 4.79 Å². The third-order valence-corrected chi connectivity index (χ3v) is 3.80. The maximum atomic E-state index is 11.6. The molecule has 2 rings (SSSR count). The van der Waals surface area contributed by atoms with Gasteiger partial charge in [0.15, 0.2) is 0 Å². The minimum Gasteiger partial charge on any atom is -0.396 e. The highest BCUT2D eigenvalue weighted by molar-refractivity contribution is 5.78. The molecule has 1 aliphatic rings. The van der Waals surface area contributed by atoms with Crippen molar-refractivity contribution in [3.8, 4) is 0 Å². The molecule has 1 aliphatic heterocycles. The number of benzene rings is 1. The highest BCUT2D eigenvalue weighted by Crippen LogP contribution is 2.18. The highest BCUT2D eigenvalue weighted by atomic mass is 16.2. The fourth-order valence-electron chi connectivity index (χ4n) is 2.68. The van der Waals surface area contributed by atoms with E-state index in [2.05, 4.69) is 17.4 Å². The quantitative estimate of drug-likeness (QED) is 0.760. The van der Waals surface area contributed by atoms with Crippen LogP contribution in [0.25, 0.3) is 0 Å². The number of carbonyl (C=O) groups is 1. The second kappa shape index (κ2) is 8.02. The van der Waals surface area contributed by atoms with Crippen molar-refractivity contribution in [2.24, 2.45) is 0 Å². The molecule has 20 heavy (non-hydrogen) atoms. The van der Waals surface area contributed by atoms with Gasteiger partial charge in [0.2, 0.25) is 5.91 Å². The number of aliphatic hydroxyl groups is 1. The molecule has 0 aromatic heterocycles. The Kier molecular flexibility index (Phi) is 6.02. The molecular formula is C16H24N2O2. The Hall–Kier alpha value is -1.39. The van der Waals surface area contributed by atoms with Crippen LogP contribution in [0.2, 0.25) is 0 Å².